The summed E-state index contributed by atoms with van der Waals surface area (Å²) in [6, 6.07) is 3.07. The average molecular weight is 195 g/mol. The molecule has 0 saturated carbocycles. The zero-order valence-corrected chi connectivity index (χ0v) is 8.12. The summed E-state index contributed by atoms with van der Waals surface area (Å²) in [4.78, 5) is 2.97. The lowest BCUT2D eigenvalue weighted by Gasteiger charge is -1.99. The van der Waals surface area contributed by atoms with Crippen molar-refractivity contribution in [2.45, 2.75) is 20.3 Å². The molecule has 0 atom stereocenters. The van der Waals surface area contributed by atoms with Crippen LogP contribution >= 0.6 is 0 Å². The van der Waals surface area contributed by atoms with Crippen molar-refractivity contribution in [3.05, 3.63) is 35.0 Å². The molecule has 2 aromatic rings. The van der Waals surface area contributed by atoms with E-state index in [-0.39, 0.29) is 5.56 Å². The third kappa shape index (κ3) is 1.20. The highest BCUT2D eigenvalue weighted by Crippen LogP contribution is 2.24. The first-order valence-corrected chi connectivity index (χ1v) is 4.59. The van der Waals surface area contributed by atoms with Gasteiger partial charge in [-0.15, -0.1) is 0 Å². The molecule has 0 spiro atoms. The van der Waals surface area contributed by atoms with E-state index in [0.29, 0.717) is 10.9 Å². The van der Waals surface area contributed by atoms with E-state index in [4.69, 9.17) is 0 Å². The maximum Gasteiger partial charge on any atom is 0.138 e. The lowest BCUT2D eigenvalue weighted by atomic mass is 10.1. The molecule has 0 aliphatic rings. The maximum absolute atomic E-state index is 13.5. The molecule has 0 bridgehead atoms. The standard InChI is InChI=1S/C11H11F2N/c1-3-7-4-8-10(14-7)5-9(12)6(2)11(8)13/h4-5,14H,3H2,1-2H3. The molecule has 2 rings (SSSR count). The first-order chi connectivity index (χ1) is 6.63. The van der Waals surface area contributed by atoms with Crippen molar-refractivity contribution in [2.24, 2.45) is 0 Å². The Hall–Kier alpha value is -1.38. The first-order valence-electron chi connectivity index (χ1n) is 4.59. The molecule has 0 aliphatic carbocycles. The van der Waals surface area contributed by atoms with Crippen molar-refractivity contribution in [1.29, 1.82) is 0 Å². The zero-order chi connectivity index (χ0) is 10.3. The summed E-state index contributed by atoms with van der Waals surface area (Å²) < 4.78 is 26.7. The van der Waals surface area contributed by atoms with Gasteiger partial charge in [0, 0.05) is 16.6 Å². The maximum atomic E-state index is 13.5. The SMILES string of the molecule is CCc1cc2c(F)c(C)c(F)cc2[nH]1. The zero-order valence-electron chi connectivity index (χ0n) is 8.12. The Morgan fingerprint density at radius 3 is 2.64 bits per heavy atom. The Morgan fingerprint density at radius 1 is 1.29 bits per heavy atom. The van der Waals surface area contributed by atoms with E-state index in [2.05, 4.69) is 4.98 Å². The lowest BCUT2D eigenvalue weighted by Crippen LogP contribution is -1.88. The van der Waals surface area contributed by atoms with Gasteiger partial charge < -0.3 is 4.98 Å². The highest BCUT2D eigenvalue weighted by molar-refractivity contribution is 5.82. The summed E-state index contributed by atoms with van der Waals surface area (Å²) in [6.07, 6.45) is 0.786. The van der Waals surface area contributed by atoms with Crippen LogP contribution in [0, 0.1) is 18.6 Å². The van der Waals surface area contributed by atoms with Crippen molar-refractivity contribution >= 4 is 10.9 Å². The van der Waals surface area contributed by atoms with Crippen LogP contribution < -0.4 is 0 Å². The van der Waals surface area contributed by atoms with E-state index in [1.165, 1.54) is 13.0 Å². The normalized spacial score (nSPS) is 11.1. The molecule has 3 heteroatoms. The largest absolute Gasteiger partial charge is 0.358 e. The molecule has 74 valence electrons. The molecule has 0 radical (unpaired) electrons. The van der Waals surface area contributed by atoms with Gasteiger partial charge in [-0.1, -0.05) is 6.92 Å². The van der Waals surface area contributed by atoms with Crippen LogP contribution in [0.4, 0.5) is 8.78 Å². The molecule has 0 saturated heterocycles. The van der Waals surface area contributed by atoms with E-state index in [9.17, 15) is 8.78 Å². The van der Waals surface area contributed by atoms with Crippen LogP contribution in [0.3, 0.4) is 0 Å². The minimum Gasteiger partial charge on any atom is -0.358 e. The monoisotopic (exact) mass is 195 g/mol. The van der Waals surface area contributed by atoms with E-state index >= 15 is 0 Å². The summed E-state index contributed by atoms with van der Waals surface area (Å²) >= 11 is 0. The van der Waals surface area contributed by atoms with Gasteiger partial charge in [-0.25, -0.2) is 8.78 Å². The Kier molecular flexibility index (Phi) is 2.02. The highest BCUT2D eigenvalue weighted by Gasteiger charge is 2.11. The second-order valence-electron chi connectivity index (χ2n) is 3.41. The Balaban J connectivity index is 2.81. The number of aryl methyl sites for hydroxylation is 1. The Morgan fingerprint density at radius 2 is 2.00 bits per heavy atom. The lowest BCUT2D eigenvalue weighted by molar-refractivity contribution is 0.577. The van der Waals surface area contributed by atoms with Crippen LogP contribution in [0.2, 0.25) is 0 Å². The quantitative estimate of drug-likeness (QED) is 0.718. The smallest absolute Gasteiger partial charge is 0.138 e. The third-order valence-corrected chi connectivity index (χ3v) is 2.48. The molecular weight excluding hydrogens is 184 g/mol. The highest BCUT2D eigenvalue weighted by atomic mass is 19.1. The Labute approximate surface area is 80.7 Å². The summed E-state index contributed by atoms with van der Waals surface area (Å²) in [5.74, 6) is -0.963. The number of halogens is 2. The third-order valence-electron chi connectivity index (χ3n) is 2.48. The van der Waals surface area contributed by atoms with Crippen LogP contribution in [0.1, 0.15) is 18.2 Å². The number of aromatic nitrogens is 1. The molecule has 0 amide bonds. The summed E-state index contributed by atoms with van der Waals surface area (Å²) in [6.45, 7) is 3.41. The van der Waals surface area contributed by atoms with Crippen LogP contribution in [-0.2, 0) is 6.42 Å². The molecule has 0 fully saturated rings. The molecule has 1 N–H and O–H groups in total. The van der Waals surface area contributed by atoms with Crippen molar-refractivity contribution in [1.82, 2.24) is 4.98 Å². The van der Waals surface area contributed by atoms with Crippen molar-refractivity contribution in [3.63, 3.8) is 0 Å². The van der Waals surface area contributed by atoms with Gasteiger partial charge in [0.25, 0.3) is 0 Å². The number of rotatable bonds is 1. The van der Waals surface area contributed by atoms with Gasteiger partial charge in [0.1, 0.15) is 11.6 Å². The van der Waals surface area contributed by atoms with Gasteiger partial charge in [0.05, 0.1) is 5.52 Å². The minimum atomic E-state index is -0.500. The van der Waals surface area contributed by atoms with Crippen LogP contribution in [0.5, 0.6) is 0 Å². The average Bonchev–Trinajstić information content (AvgIpc) is 2.57. The van der Waals surface area contributed by atoms with Gasteiger partial charge in [-0.05, 0) is 25.5 Å². The second-order valence-corrected chi connectivity index (χ2v) is 3.41. The summed E-state index contributed by atoms with van der Waals surface area (Å²) in [5.41, 5.74) is 1.53. The second kappa shape index (κ2) is 3.08. The molecule has 1 nitrogen and oxygen atoms in total. The number of fused-ring (bicyclic) bond motifs is 1. The van der Waals surface area contributed by atoms with Gasteiger partial charge in [0.2, 0.25) is 0 Å². The van der Waals surface area contributed by atoms with Crippen molar-refractivity contribution < 1.29 is 8.78 Å². The van der Waals surface area contributed by atoms with Gasteiger partial charge >= 0.3 is 0 Å². The van der Waals surface area contributed by atoms with Gasteiger partial charge in [-0.3, -0.25) is 0 Å². The summed E-state index contributed by atoms with van der Waals surface area (Å²) in [5, 5.41) is 0.473. The van der Waals surface area contributed by atoms with E-state index in [1.807, 2.05) is 6.92 Å². The number of aromatic amines is 1. The van der Waals surface area contributed by atoms with E-state index < -0.39 is 11.6 Å². The molecule has 0 unspecified atom stereocenters. The predicted octanol–water partition coefficient (Wildman–Crippen LogP) is 3.32. The van der Waals surface area contributed by atoms with Crippen molar-refractivity contribution in [3.8, 4) is 0 Å². The Bertz CT molecular complexity index is 485. The molecule has 1 aromatic heterocycles. The summed E-state index contributed by atoms with van der Waals surface area (Å²) in [7, 11) is 0. The molecule has 1 heterocycles. The molecule has 14 heavy (non-hydrogen) atoms. The van der Waals surface area contributed by atoms with Crippen molar-refractivity contribution in [2.75, 3.05) is 0 Å². The number of nitrogens with one attached hydrogen (secondary N) is 1. The van der Waals surface area contributed by atoms with Crippen LogP contribution in [-0.4, -0.2) is 4.98 Å². The van der Waals surface area contributed by atoms with E-state index in [1.54, 1.807) is 6.07 Å². The van der Waals surface area contributed by atoms with Gasteiger partial charge in [0.15, 0.2) is 0 Å². The molecular formula is C11H11F2N. The fourth-order valence-corrected chi connectivity index (χ4v) is 1.56. The molecule has 0 aliphatic heterocycles. The van der Waals surface area contributed by atoms with Crippen LogP contribution in [0.25, 0.3) is 10.9 Å². The topological polar surface area (TPSA) is 15.8 Å². The first kappa shape index (κ1) is 9.19. The number of hydrogen-bond acceptors (Lipinski definition) is 0. The minimum absolute atomic E-state index is 0.0825. The fraction of sp³-hybridized carbons (Fsp3) is 0.273. The van der Waals surface area contributed by atoms with Gasteiger partial charge in [-0.2, -0.15) is 0 Å². The molecule has 1 aromatic carbocycles. The number of H-pyrrole nitrogens is 1. The van der Waals surface area contributed by atoms with Crippen LogP contribution in [0.15, 0.2) is 12.1 Å². The predicted molar refractivity (Wildman–Crippen MR) is 52.3 cm³/mol. The number of benzene rings is 1. The fourth-order valence-electron chi connectivity index (χ4n) is 1.56. The van der Waals surface area contributed by atoms with E-state index in [0.717, 1.165) is 12.1 Å². The number of hydrogen-bond donors (Lipinski definition) is 1.